The average Bonchev–Trinajstić information content (AvgIpc) is 3.05. The van der Waals surface area contributed by atoms with E-state index in [2.05, 4.69) is 20.4 Å². The van der Waals surface area contributed by atoms with E-state index in [-0.39, 0.29) is 29.1 Å². The molecule has 0 amide bonds. The molecule has 3 rings (SSSR count). The minimum absolute atomic E-state index is 0. The van der Waals surface area contributed by atoms with Crippen molar-refractivity contribution in [1.82, 2.24) is 20.4 Å². The van der Waals surface area contributed by atoms with Gasteiger partial charge in [0.1, 0.15) is 5.82 Å². The van der Waals surface area contributed by atoms with Gasteiger partial charge in [-0.25, -0.2) is 12.8 Å². The van der Waals surface area contributed by atoms with Crippen LogP contribution in [-0.2, 0) is 9.84 Å². The summed E-state index contributed by atoms with van der Waals surface area (Å²) in [6.07, 6.45) is 0. The second-order valence-corrected chi connectivity index (χ2v) is 8.36. The molecule has 2 aromatic rings. The molecule has 1 N–H and O–H groups in total. The first-order valence-corrected chi connectivity index (χ1v) is 9.75. The number of piperazine rings is 1. The fourth-order valence-electron chi connectivity index (χ4n) is 2.82. The maximum Gasteiger partial charge on any atom is 0.230 e. The number of aromatic nitrogens is 2. The molecule has 144 valence electrons. The number of nitrogens with one attached hydrogen (secondary N) is 1. The fourth-order valence-corrected chi connectivity index (χ4v) is 4.36. The molecular formula is C16H22ClFN4O3S. The van der Waals surface area contributed by atoms with Crippen LogP contribution >= 0.6 is 12.4 Å². The molecular weight excluding hydrogens is 383 g/mol. The van der Waals surface area contributed by atoms with Gasteiger partial charge in [-0.05, 0) is 31.3 Å². The molecule has 1 fully saturated rings. The zero-order valence-electron chi connectivity index (χ0n) is 14.6. The van der Waals surface area contributed by atoms with Crippen LogP contribution in [0.15, 0.2) is 33.7 Å². The second-order valence-electron chi connectivity index (χ2n) is 6.33. The van der Waals surface area contributed by atoms with Crippen molar-refractivity contribution in [2.45, 2.75) is 23.8 Å². The molecule has 2 atom stereocenters. The molecule has 7 nitrogen and oxygen atoms in total. The first-order valence-electron chi connectivity index (χ1n) is 8.09. The molecule has 2 heterocycles. The van der Waals surface area contributed by atoms with E-state index in [1.165, 1.54) is 12.1 Å². The van der Waals surface area contributed by atoms with Gasteiger partial charge in [0.15, 0.2) is 15.7 Å². The molecule has 1 aliphatic rings. The Bertz CT molecular complexity index is 828. The molecule has 0 spiro atoms. The first kappa shape index (κ1) is 20.8. The molecule has 1 aromatic heterocycles. The predicted octanol–water partition coefficient (Wildman–Crippen LogP) is 1.78. The van der Waals surface area contributed by atoms with Crippen LogP contribution < -0.4 is 5.32 Å². The second kappa shape index (κ2) is 8.43. The van der Waals surface area contributed by atoms with Gasteiger partial charge in [0, 0.05) is 25.6 Å². The Morgan fingerprint density at radius 3 is 2.73 bits per heavy atom. The Labute approximate surface area is 158 Å². The third-order valence-corrected chi connectivity index (χ3v) is 6.26. The van der Waals surface area contributed by atoms with Crippen molar-refractivity contribution in [2.75, 3.05) is 32.4 Å². The van der Waals surface area contributed by atoms with Gasteiger partial charge in [0.05, 0.1) is 16.7 Å². The van der Waals surface area contributed by atoms with Crippen molar-refractivity contribution in [3.8, 4) is 0 Å². The quantitative estimate of drug-likeness (QED) is 0.760. The lowest BCUT2D eigenvalue weighted by molar-refractivity contribution is 0.190. The van der Waals surface area contributed by atoms with Crippen LogP contribution in [0.1, 0.15) is 30.6 Å². The Morgan fingerprint density at radius 1 is 1.38 bits per heavy atom. The number of likely N-dealkylation sites (N-methyl/N-ethyl adjacent to an activating group) is 1. The van der Waals surface area contributed by atoms with Crippen molar-refractivity contribution >= 4 is 22.2 Å². The molecule has 0 bridgehead atoms. The van der Waals surface area contributed by atoms with Gasteiger partial charge < -0.3 is 9.84 Å². The van der Waals surface area contributed by atoms with Gasteiger partial charge in [-0.1, -0.05) is 12.1 Å². The summed E-state index contributed by atoms with van der Waals surface area (Å²) in [6, 6.07) is 4.80. The standard InChI is InChI=1S/C16H21FN4O3S.ClH/c1-11(10-25(22,23)13-5-3-12(17)4-6-13)16-19-15(20-24-16)14-9-18-7-8-21(14)2;/h3-6,11,14,18H,7-10H2,1-2H3;1H. The highest BCUT2D eigenvalue weighted by Crippen LogP contribution is 2.23. The van der Waals surface area contributed by atoms with E-state index in [1.807, 2.05) is 7.05 Å². The van der Waals surface area contributed by atoms with Crippen molar-refractivity contribution < 1.29 is 17.3 Å². The minimum atomic E-state index is -3.57. The molecule has 0 radical (unpaired) electrons. The summed E-state index contributed by atoms with van der Waals surface area (Å²) in [4.78, 5) is 6.60. The predicted molar refractivity (Wildman–Crippen MR) is 96.7 cm³/mol. The number of hydrogen-bond acceptors (Lipinski definition) is 7. The first-order chi connectivity index (χ1) is 11.9. The van der Waals surface area contributed by atoms with E-state index in [0.29, 0.717) is 11.7 Å². The summed E-state index contributed by atoms with van der Waals surface area (Å²) >= 11 is 0. The summed E-state index contributed by atoms with van der Waals surface area (Å²) in [6.45, 7) is 4.23. The van der Waals surface area contributed by atoms with Gasteiger partial charge in [-0.15, -0.1) is 12.4 Å². The SMILES string of the molecule is CC(CS(=O)(=O)c1ccc(F)cc1)c1nc(C2CNCCN2C)no1.Cl. The zero-order valence-corrected chi connectivity index (χ0v) is 16.2. The van der Waals surface area contributed by atoms with Crippen LogP contribution in [-0.4, -0.2) is 55.9 Å². The van der Waals surface area contributed by atoms with Gasteiger partial charge in [-0.3, -0.25) is 4.90 Å². The third-order valence-electron chi connectivity index (χ3n) is 4.33. The highest BCUT2D eigenvalue weighted by molar-refractivity contribution is 7.91. The zero-order chi connectivity index (χ0) is 18.0. The van der Waals surface area contributed by atoms with E-state index >= 15 is 0 Å². The van der Waals surface area contributed by atoms with E-state index in [1.54, 1.807) is 6.92 Å². The highest BCUT2D eigenvalue weighted by atomic mass is 35.5. The lowest BCUT2D eigenvalue weighted by atomic mass is 10.2. The number of hydrogen-bond donors (Lipinski definition) is 1. The molecule has 26 heavy (non-hydrogen) atoms. The third kappa shape index (κ3) is 4.59. The van der Waals surface area contributed by atoms with Gasteiger partial charge in [-0.2, -0.15) is 4.98 Å². The maximum atomic E-state index is 13.0. The number of benzene rings is 1. The Balaban J connectivity index is 0.00000243. The number of halogens is 2. The van der Waals surface area contributed by atoms with Crippen LogP contribution in [0.3, 0.4) is 0 Å². The molecule has 1 aliphatic heterocycles. The van der Waals surface area contributed by atoms with Crippen molar-refractivity contribution in [1.29, 1.82) is 0 Å². The summed E-state index contributed by atoms with van der Waals surface area (Å²) in [5.41, 5.74) is 0. The Hall–Kier alpha value is -1.55. The number of rotatable bonds is 5. The fraction of sp³-hybridized carbons (Fsp3) is 0.500. The number of nitrogens with zero attached hydrogens (tertiary/aromatic N) is 3. The van der Waals surface area contributed by atoms with E-state index in [4.69, 9.17) is 4.52 Å². The molecule has 1 aromatic carbocycles. The Kier molecular flexibility index (Phi) is 6.73. The summed E-state index contributed by atoms with van der Waals surface area (Å²) in [5.74, 6) is -0.272. The van der Waals surface area contributed by atoms with Gasteiger partial charge in [0.25, 0.3) is 0 Å². The van der Waals surface area contributed by atoms with Crippen LogP contribution in [0, 0.1) is 5.82 Å². The summed E-state index contributed by atoms with van der Waals surface area (Å²) < 4.78 is 43.2. The molecule has 10 heteroatoms. The monoisotopic (exact) mass is 404 g/mol. The lowest BCUT2D eigenvalue weighted by Gasteiger charge is -2.30. The molecule has 2 unspecified atom stereocenters. The van der Waals surface area contributed by atoms with Crippen molar-refractivity contribution in [3.05, 3.63) is 41.8 Å². The van der Waals surface area contributed by atoms with Crippen molar-refractivity contribution in [2.24, 2.45) is 0 Å². The average molecular weight is 405 g/mol. The minimum Gasteiger partial charge on any atom is -0.339 e. The number of sulfone groups is 1. The van der Waals surface area contributed by atoms with Gasteiger partial charge >= 0.3 is 0 Å². The van der Waals surface area contributed by atoms with Crippen molar-refractivity contribution in [3.63, 3.8) is 0 Å². The van der Waals surface area contributed by atoms with Crippen LogP contribution in [0.4, 0.5) is 4.39 Å². The Morgan fingerprint density at radius 2 is 2.08 bits per heavy atom. The molecule has 0 aliphatic carbocycles. The highest BCUT2D eigenvalue weighted by Gasteiger charge is 2.28. The molecule has 0 saturated carbocycles. The van der Waals surface area contributed by atoms with Crippen LogP contribution in [0.25, 0.3) is 0 Å². The summed E-state index contributed by atoms with van der Waals surface area (Å²) in [7, 11) is -1.58. The topological polar surface area (TPSA) is 88.3 Å². The normalized spacial score (nSPS) is 19.7. The maximum absolute atomic E-state index is 13.0. The van der Waals surface area contributed by atoms with E-state index in [9.17, 15) is 12.8 Å². The van der Waals surface area contributed by atoms with Gasteiger partial charge in [0.2, 0.25) is 5.89 Å². The smallest absolute Gasteiger partial charge is 0.230 e. The van der Waals surface area contributed by atoms with E-state index < -0.39 is 21.6 Å². The van der Waals surface area contributed by atoms with E-state index in [0.717, 1.165) is 31.8 Å². The largest absolute Gasteiger partial charge is 0.339 e. The lowest BCUT2D eigenvalue weighted by Crippen LogP contribution is -2.44. The van der Waals surface area contributed by atoms with Crippen LogP contribution in [0.5, 0.6) is 0 Å². The summed E-state index contributed by atoms with van der Waals surface area (Å²) in [5, 5.41) is 7.29. The van der Waals surface area contributed by atoms with Crippen LogP contribution in [0.2, 0.25) is 0 Å². The molecule has 1 saturated heterocycles.